The summed E-state index contributed by atoms with van der Waals surface area (Å²) in [6, 6.07) is 9.00. The maximum Gasteiger partial charge on any atom is 0.266 e. The van der Waals surface area contributed by atoms with Crippen LogP contribution < -0.4 is 21.1 Å². The van der Waals surface area contributed by atoms with Crippen LogP contribution in [0.25, 0.3) is 10.9 Å². The van der Waals surface area contributed by atoms with Crippen LogP contribution in [0.15, 0.2) is 60.0 Å². The molecule has 0 unspecified atom stereocenters. The fourth-order valence-corrected chi connectivity index (χ4v) is 4.17. The van der Waals surface area contributed by atoms with E-state index < -0.39 is 23.1 Å². The SMILES string of the molecule is O=C(NCC#Cc1ccc2ncnc(N3CCNCC3)c2c1)c1cncn(Cc2ccc(F)c(F)c2)c1=O. The second-order valence-corrected chi connectivity index (χ2v) is 8.64. The minimum Gasteiger partial charge on any atom is -0.353 e. The number of aromatic nitrogens is 4. The van der Waals surface area contributed by atoms with E-state index in [1.54, 1.807) is 6.33 Å². The zero-order chi connectivity index (χ0) is 26.5. The molecule has 3 heterocycles. The first kappa shape index (κ1) is 25.0. The minimum absolute atomic E-state index is 0.00429. The van der Waals surface area contributed by atoms with Crippen molar-refractivity contribution in [1.82, 2.24) is 30.2 Å². The minimum atomic E-state index is -1.02. The lowest BCUT2D eigenvalue weighted by atomic mass is 10.1. The monoisotopic (exact) mass is 515 g/mol. The zero-order valence-electron chi connectivity index (χ0n) is 20.2. The van der Waals surface area contributed by atoms with Crippen molar-refractivity contribution in [3.05, 3.63) is 93.9 Å². The van der Waals surface area contributed by atoms with E-state index in [4.69, 9.17) is 0 Å². The fourth-order valence-electron chi connectivity index (χ4n) is 4.17. The molecule has 1 fully saturated rings. The van der Waals surface area contributed by atoms with Crippen molar-refractivity contribution >= 4 is 22.6 Å². The summed E-state index contributed by atoms with van der Waals surface area (Å²) in [6.07, 6.45) is 3.96. The van der Waals surface area contributed by atoms with Crippen molar-refractivity contribution in [2.75, 3.05) is 37.6 Å². The van der Waals surface area contributed by atoms with Gasteiger partial charge in [0.15, 0.2) is 11.6 Å². The number of nitrogens with one attached hydrogen (secondary N) is 2. The molecule has 0 radical (unpaired) electrons. The zero-order valence-corrected chi connectivity index (χ0v) is 20.2. The third-order valence-corrected chi connectivity index (χ3v) is 6.08. The van der Waals surface area contributed by atoms with Crippen LogP contribution in [0, 0.1) is 23.5 Å². The van der Waals surface area contributed by atoms with Crippen LogP contribution in [0.2, 0.25) is 0 Å². The van der Waals surface area contributed by atoms with Gasteiger partial charge in [0.05, 0.1) is 24.9 Å². The van der Waals surface area contributed by atoms with Crippen LogP contribution in [0.1, 0.15) is 21.5 Å². The Balaban J connectivity index is 1.27. The number of carbonyl (C=O) groups is 1. The predicted molar refractivity (Wildman–Crippen MR) is 138 cm³/mol. The van der Waals surface area contributed by atoms with Gasteiger partial charge in [-0.3, -0.25) is 14.2 Å². The summed E-state index contributed by atoms with van der Waals surface area (Å²) in [5.74, 6) is 4.16. The molecule has 0 saturated carbocycles. The summed E-state index contributed by atoms with van der Waals surface area (Å²) in [5, 5.41) is 6.83. The maximum absolute atomic E-state index is 13.5. The van der Waals surface area contributed by atoms with E-state index in [-0.39, 0.29) is 18.7 Å². The molecule has 5 rings (SSSR count). The Morgan fingerprint density at radius 3 is 2.74 bits per heavy atom. The predicted octanol–water partition coefficient (Wildman–Crippen LogP) is 1.70. The molecule has 2 aromatic carbocycles. The largest absolute Gasteiger partial charge is 0.353 e. The van der Waals surface area contributed by atoms with Gasteiger partial charge < -0.3 is 15.5 Å². The number of amides is 1. The normalized spacial score (nSPS) is 13.2. The van der Waals surface area contributed by atoms with Gasteiger partial charge in [0.1, 0.15) is 17.7 Å². The molecule has 38 heavy (non-hydrogen) atoms. The quantitative estimate of drug-likeness (QED) is 0.390. The van der Waals surface area contributed by atoms with E-state index >= 15 is 0 Å². The molecule has 192 valence electrons. The molecule has 2 N–H and O–H groups in total. The summed E-state index contributed by atoms with van der Waals surface area (Å²) in [7, 11) is 0. The third-order valence-electron chi connectivity index (χ3n) is 6.08. The van der Waals surface area contributed by atoms with Crippen molar-refractivity contribution in [3.8, 4) is 11.8 Å². The number of halogens is 2. The molecule has 0 atom stereocenters. The number of fused-ring (bicyclic) bond motifs is 1. The maximum atomic E-state index is 13.5. The highest BCUT2D eigenvalue weighted by atomic mass is 19.2. The Hall–Kier alpha value is -4.69. The van der Waals surface area contributed by atoms with Crippen LogP contribution in [-0.2, 0) is 6.54 Å². The van der Waals surface area contributed by atoms with Crippen molar-refractivity contribution in [2.24, 2.45) is 0 Å². The summed E-state index contributed by atoms with van der Waals surface area (Å²) < 4.78 is 27.8. The first-order chi connectivity index (χ1) is 18.5. The van der Waals surface area contributed by atoms with Gasteiger partial charge in [0.2, 0.25) is 0 Å². The van der Waals surface area contributed by atoms with Crippen LogP contribution in [-0.4, -0.2) is 58.1 Å². The lowest BCUT2D eigenvalue weighted by Gasteiger charge is -2.29. The van der Waals surface area contributed by atoms with Gasteiger partial charge >= 0.3 is 0 Å². The molecule has 0 aliphatic carbocycles. The van der Waals surface area contributed by atoms with Crippen molar-refractivity contribution < 1.29 is 13.6 Å². The van der Waals surface area contributed by atoms with Crippen LogP contribution in [0.4, 0.5) is 14.6 Å². The number of rotatable bonds is 5. The van der Waals surface area contributed by atoms with Gasteiger partial charge in [-0.25, -0.2) is 23.7 Å². The number of anilines is 1. The first-order valence-electron chi connectivity index (χ1n) is 12.0. The first-order valence-corrected chi connectivity index (χ1v) is 12.0. The molecule has 1 aliphatic heterocycles. The highest BCUT2D eigenvalue weighted by Crippen LogP contribution is 2.24. The van der Waals surface area contributed by atoms with E-state index in [1.807, 2.05) is 18.2 Å². The van der Waals surface area contributed by atoms with Gasteiger partial charge in [0, 0.05) is 43.3 Å². The average Bonchev–Trinajstić information content (AvgIpc) is 2.94. The lowest BCUT2D eigenvalue weighted by Crippen LogP contribution is -2.44. The molecule has 1 aliphatic rings. The number of benzene rings is 2. The third kappa shape index (κ3) is 5.50. The number of carbonyl (C=O) groups excluding carboxylic acids is 1. The van der Waals surface area contributed by atoms with Gasteiger partial charge in [0.25, 0.3) is 11.5 Å². The van der Waals surface area contributed by atoms with Crippen molar-refractivity contribution in [2.45, 2.75) is 6.54 Å². The van der Waals surface area contributed by atoms with Crippen LogP contribution in [0.5, 0.6) is 0 Å². The van der Waals surface area contributed by atoms with Crippen LogP contribution >= 0.6 is 0 Å². The van der Waals surface area contributed by atoms with Crippen LogP contribution in [0.3, 0.4) is 0 Å². The van der Waals surface area contributed by atoms with E-state index in [9.17, 15) is 18.4 Å². The molecule has 4 aromatic rings. The number of hydrogen-bond acceptors (Lipinski definition) is 7. The van der Waals surface area contributed by atoms with Crippen molar-refractivity contribution in [3.63, 3.8) is 0 Å². The topological polar surface area (TPSA) is 105 Å². The second-order valence-electron chi connectivity index (χ2n) is 8.64. The van der Waals surface area contributed by atoms with E-state index in [1.165, 1.54) is 12.4 Å². The number of nitrogens with zero attached hydrogens (tertiary/aromatic N) is 5. The fraction of sp³-hybridized carbons (Fsp3) is 0.222. The van der Waals surface area contributed by atoms with E-state index in [2.05, 4.69) is 42.3 Å². The molecule has 1 amide bonds. The molecule has 1 saturated heterocycles. The number of hydrogen-bond donors (Lipinski definition) is 2. The Morgan fingerprint density at radius 1 is 1.08 bits per heavy atom. The van der Waals surface area contributed by atoms with Gasteiger partial charge in [-0.15, -0.1) is 0 Å². The highest BCUT2D eigenvalue weighted by Gasteiger charge is 2.16. The Labute approximate surface area is 216 Å². The Bertz CT molecular complexity index is 1620. The molecule has 0 spiro atoms. The summed E-state index contributed by atoms with van der Waals surface area (Å²) >= 11 is 0. The van der Waals surface area contributed by atoms with E-state index in [0.717, 1.165) is 71.4 Å². The highest BCUT2D eigenvalue weighted by molar-refractivity contribution is 5.93. The summed E-state index contributed by atoms with van der Waals surface area (Å²) in [4.78, 5) is 40.3. The Kier molecular flexibility index (Phi) is 7.33. The Morgan fingerprint density at radius 2 is 1.92 bits per heavy atom. The van der Waals surface area contributed by atoms with E-state index in [0.29, 0.717) is 5.56 Å². The standard InChI is InChI=1S/C27H23F2N7O2/c28-22-5-3-19(13-23(22)29)15-36-17-31-14-21(27(36)38)26(37)32-7-1-2-18-4-6-24-20(12-18)25(34-16-33-24)35-10-8-30-9-11-35/h3-6,12-14,16-17,30H,7-11,15H2,(H,32,37). The smallest absolute Gasteiger partial charge is 0.266 e. The molecule has 9 nitrogen and oxygen atoms in total. The molecular weight excluding hydrogens is 492 g/mol. The molecule has 2 aromatic heterocycles. The number of piperazine rings is 1. The molecular formula is C27H23F2N7O2. The average molecular weight is 516 g/mol. The summed E-state index contributed by atoms with van der Waals surface area (Å²) in [5.41, 5.74) is 1.14. The van der Waals surface area contributed by atoms with Crippen molar-refractivity contribution in [1.29, 1.82) is 0 Å². The summed E-state index contributed by atoms with van der Waals surface area (Å²) in [6.45, 7) is 3.42. The molecule has 0 bridgehead atoms. The van der Waals surface area contributed by atoms with Gasteiger partial charge in [-0.2, -0.15) is 0 Å². The molecule has 11 heteroatoms. The van der Waals surface area contributed by atoms with Gasteiger partial charge in [-0.05, 0) is 35.9 Å². The van der Waals surface area contributed by atoms with Gasteiger partial charge in [-0.1, -0.05) is 17.9 Å². The second kappa shape index (κ2) is 11.1. The lowest BCUT2D eigenvalue weighted by molar-refractivity contribution is 0.0956.